The van der Waals surface area contributed by atoms with E-state index in [-0.39, 0.29) is 31.2 Å². The van der Waals surface area contributed by atoms with E-state index in [9.17, 15) is 9.59 Å². The smallest absolute Gasteiger partial charge is 0.414 e. The van der Waals surface area contributed by atoms with Gasteiger partial charge in [0.25, 0.3) is 0 Å². The van der Waals surface area contributed by atoms with Gasteiger partial charge in [0.1, 0.15) is 17.6 Å². The van der Waals surface area contributed by atoms with Crippen LogP contribution in [0, 0.1) is 11.7 Å². The standard InChI is InChI=1S/C30H36FN7O7/c1-3-19(2)28(34-29(39)40)18-43-11-10-42-17-22-13-27(35-45-22)26-7-4-20(14-32-26)24-6-5-21(12-25(24)31)38-16-23(44-30(38)41)15-37-9-8-33-36-37/h4-9,12,14,19,22-23,28,34H,3,10-11,13,15-18H2,1-2H3,(H,39,40)/t19-,22-,23-,28+/m0/s1. The van der Waals surface area contributed by atoms with E-state index in [0.29, 0.717) is 61.0 Å². The number of pyridine rings is 1. The fourth-order valence-electron chi connectivity index (χ4n) is 5.00. The van der Waals surface area contributed by atoms with Crippen LogP contribution in [0.5, 0.6) is 0 Å². The molecular formula is C30H36FN7O7. The molecule has 2 aromatic heterocycles. The number of carbonyl (C=O) groups is 2. The van der Waals surface area contributed by atoms with Crippen LogP contribution in [0.25, 0.3) is 11.1 Å². The number of amides is 2. The molecule has 2 amide bonds. The molecule has 0 aliphatic carbocycles. The highest BCUT2D eigenvalue weighted by Gasteiger charge is 2.33. The average Bonchev–Trinajstić information content (AvgIpc) is 3.80. The number of hydrogen-bond donors (Lipinski definition) is 2. The molecule has 3 aromatic rings. The van der Waals surface area contributed by atoms with E-state index in [1.807, 2.05) is 13.8 Å². The summed E-state index contributed by atoms with van der Waals surface area (Å²) in [5.41, 5.74) is 2.59. The van der Waals surface area contributed by atoms with Crippen molar-refractivity contribution < 1.29 is 38.1 Å². The van der Waals surface area contributed by atoms with E-state index in [0.717, 1.165) is 6.42 Å². The molecule has 2 aliphatic heterocycles. The second-order valence-corrected chi connectivity index (χ2v) is 10.9. The van der Waals surface area contributed by atoms with Crippen molar-refractivity contribution in [2.45, 2.75) is 51.5 Å². The van der Waals surface area contributed by atoms with E-state index in [4.69, 9.17) is 24.2 Å². The maximum atomic E-state index is 15.2. The van der Waals surface area contributed by atoms with Gasteiger partial charge in [-0.25, -0.2) is 18.7 Å². The molecule has 4 atom stereocenters. The summed E-state index contributed by atoms with van der Waals surface area (Å²) in [6, 6.07) is 7.83. The molecule has 0 saturated carbocycles. The Labute approximate surface area is 259 Å². The molecule has 1 fully saturated rings. The zero-order valence-corrected chi connectivity index (χ0v) is 25.0. The Balaban J connectivity index is 1.06. The largest absolute Gasteiger partial charge is 0.465 e. The van der Waals surface area contributed by atoms with Gasteiger partial charge in [0.2, 0.25) is 0 Å². The van der Waals surface area contributed by atoms with Crippen molar-refractivity contribution in [2.24, 2.45) is 11.1 Å². The van der Waals surface area contributed by atoms with Gasteiger partial charge < -0.3 is 29.5 Å². The number of halogens is 1. The summed E-state index contributed by atoms with van der Waals surface area (Å²) in [6.07, 6.45) is 3.81. The summed E-state index contributed by atoms with van der Waals surface area (Å²) >= 11 is 0. The third-order valence-corrected chi connectivity index (χ3v) is 7.72. The maximum absolute atomic E-state index is 15.2. The number of anilines is 1. The summed E-state index contributed by atoms with van der Waals surface area (Å²) in [4.78, 5) is 34.8. The van der Waals surface area contributed by atoms with Crippen LogP contribution in [0.15, 0.2) is 54.1 Å². The van der Waals surface area contributed by atoms with E-state index >= 15 is 4.39 Å². The summed E-state index contributed by atoms with van der Waals surface area (Å²) in [7, 11) is 0. The minimum absolute atomic E-state index is 0.153. The molecule has 45 heavy (non-hydrogen) atoms. The van der Waals surface area contributed by atoms with Gasteiger partial charge in [0.15, 0.2) is 6.10 Å². The molecule has 0 bridgehead atoms. The monoisotopic (exact) mass is 625 g/mol. The van der Waals surface area contributed by atoms with E-state index in [1.165, 1.54) is 11.0 Å². The van der Waals surface area contributed by atoms with Gasteiger partial charge in [-0.2, -0.15) is 0 Å². The van der Waals surface area contributed by atoms with Crippen LogP contribution in [-0.4, -0.2) is 94.2 Å². The number of rotatable bonds is 15. The van der Waals surface area contributed by atoms with Gasteiger partial charge in [0, 0.05) is 29.9 Å². The third kappa shape index (κ3) is 8.30. The van der Waals surface area contributed by atoms with E-state index in [1.54, 1.807) is 47.5 Å². The molecule has 15 heteroatoms. The minimum Gasteiger partial charge on any atom is -0.465 e. The van der Waals surface area contributed by atoms with Crippen LogP contribution < -0.4 is 10.2 Å². The molecule has 4 heterocycles. The molecule has 2 aliphatic rings. The number of oxime groups is 1. The maximum Gasteiger partial charge on any atom is 0.414 e. The molecule has 240 valence electrons. The summed E-state index contributed by atoms with van der Waals surface area (Å²) < 4.78 is 33.4. The molecule has 1 saturated heterocycles. The predicted octanol–water partition coefficient (Wildman–Crippen LogP) is 3.71. The number of nitrogens with zero attached hydrogens (tertiary/aromatic N) is 6. The van der Waals surface area contributed by atoms with Crippen molar-refractivity contribution in [2.75, 3.05) is 37.9 Å². The molecule has 5 rings (SSSR count). The number of cyclic esters (lactones) is 1. The van der Waals surface area contributed by atoms with Crippen molar-refractivity contribution in [3.63, 3.8) is 0 Å². The van der Waals surface area contributed by atoms with Gasteiger partial charge in [-0.15, -0.1) is 5.10 Å². The predicted molar refractivity (Wildman–Crippen MR) is 159 cm³/mol. The Hall–Kier alpha value is -4.63. The van der Waals surface area contributed by atoms with Crippen LogP contribution in [0.3, 0.4) is 0 Å². The lowest BCUT2D eigenvalue weighted by atomic mass is 10.0. The highest BCUT2D eigenvalue weighted by Crippen LogP contribution is 2.29. The Kier molecular flexibility index (Phi) is 10.5. The van der Waals surface area contributed by atoms with Crippen LogP contribution in [0.2, 0.25) is 0 Å². The number of nitrogens with one attached hydrogen (secondary N) is 1. The second-order valence-electron chi connectivity index (χ2n) is 10.9. The Morgan fingerprint density at radius 3 is 2.78 bits per heavy atom. The zero-order valence-electron chi connectivity index (χ0n) is 25.0. The van der Waals surface area contributed by atoms with Crippen LogP contribution in [0.4, 0.5) is 19.7 Å². The molecule has 14 nitrogen and oxygen atoms in total. The third-order valence-electron chi connectivity index (χ3n) is 7.72. The minimum atomic E-state index is -1.07. The molecule has 0 unspecified atom stereocenters. The Morgan fingerprint density at radius 1 is 1.22 bits per heavy atom. The Morgan fingerprint density at radius 2 is 2.07 bits per heavy atom. The van der Waals surface area contributed by atoms with Gasteiger partial charge in [-0.05, 0) is 30.2 Å². The van der Waals surface area contributed by atoms with Gasteiger partial charge in [-0.3, -0.25) is 9.88 Å². The van der Waals surface area contributed by atoms with Crippen molar-refractivity contribution in [3.05, 3.63) is 60.4 Å². The number of hydrogen-bond acceptors (Lipinski definition) is 10. The second kappa shape index (κ2) is 14.9. The molecule has 0 radical (unpaired) electrons. The van der Waals surface area contributed by atoms with E-state index < -0.39 is 24.1 Å². The SMILES string of the molecule is CC[C@H](C)[C@@H](COCCOC[C@@H]1CC(c2ccc(-c3ccc(N4C[C@H](Cn5ccnn5)OC4=O)cc3F)cn2)=NO1)NC(=O)O. The molecule has 0 spiro atoms. The lowest BCUT2D eigenvalue weighted by Gasteiger charge is -2.22. The first-order valence-electron chi connectivity index (χ1n) is 14.8. The lowest BCUT2D eigenvalue weighted by Crippen LogP contribution is -2.42. The number of aromatic nitrogens is 4. The quantitative estimate of drug-likeness (QED) is 0.238. The fourth-order valence-corrected chi connectivity index (χ4v) is 5.00. The molecule has 1 aromatic carbocycles. The first-order valence-corrected chi connectivity index (χ1v) is 14.8. The van der Waals surface area contributed by atoms with Gasteiger partial charge in [0.05, 0.1) is 63.1 Å². The van der Waals surface area contributed by atoms with Crippen molar-refractivity contribution in [1.29, 1.82) is 0 Å². The van der Waals surface area contributed by atoms with Crippen LogP contribution >= 0.6 is 0 Å². The first kappa shape index (κ1) is 31.8. The fraction of sp³-hybridized carbons (Fsp3) is 0.467. The first-order chi connectivity index (χ1) is 21.8. The normalized spacial score (nSPS) is 19.1. The number of carbonyl (C=O) groups excluding carboxylic acids is 1. The Bertz CT molecular complexity index is 1470. The topological polar surface area (TPSA) is 163 Å². The molecular weight excluding hydrogens is 589 g/mol. The average molecular weight is 626 g/mol. The van der Waals surface area contributed by atoms with Crippen LogP contribution in [-0.2, 0) is 25.6 Å². The van der Waals surface area contributed by atoms with Crippen LogP contribution in [0.1, 0.15) is 32.4 Å². The number of benzene rings is 1. The highest BCUT2D eigenvalue weighted by molar-refractivity contribution is 5.99. The number of carboxylic acid groups (broad SMARTS) is 1. The lowest BCUT2D eigenvalue weighted by molar-refractivity contribution is -0.0202. The number of ether oxygens (including phenoxy) is 3. The summed E-state index contributed by atoms with van der Waals surface area (Å²) in [5, 5.41) is 23.3. The van der Waals surface area contributed by atoms with Gasteiger partial charge >= 0.3 is 12.2 Å². The van der Waals surface area contributed by atoms with Crippen molar-refractivity contribution >= 4 is 23.6 Å². The molecule has 2 N–H and O–H groups in total. The zero-order chi connectivity index (χ0) is 31.8. The summed E-state index contributed by atoms with van der Waals surface area (Å²) in [5.74, 6) is -0.342. The van der Waals surface area contributed by atoms with Crippen molar-refractivity contribution in [1.82, 2.24) is 25.3 Å². The highest BCUT2D eigenvalue weighted by atomic mass is 19.1. The van der Waals surface area contributed by atoms with E-state index in [2.05, 4.69) is 25.8 Å². The summed E-state index contributed by atoms with van der Waals surface area (Å²) in [6.45, 7) is 5.82. The van der Waals surface area contributed by atoms with Gasteiger partial charge in [-0.1, -0.05) is 36.7 Å². The van der Waals surface area contributed by atoms with Crippen molar-refractivity contribution in [3.8, 4) is 11.1 Å².